The summed E-state index contributed by atoms with van der Waals surface area (Å²) in [5, 5.41) is 2.29. The molecule has 2 aromatic rings. The van der Waals surface area contributed by atoms with Gasteiger partial charge in [0.2, 0.25) is 10.0 Å². The zero-order valence-electron chi connectivity index (χ0n) is 16.8. The van der Waals surface area contributed by atoms with E-state index in [0.29, 0.717) is 0 Å². The van der Waals surface area contributed by atoms with Gasteiger partial charge in [0.15, 0.2) is 6.61 Å². The minimum atomic E-state index is -3.92. The van der Waals surface area contributed by atoms with Crippen molar-refractivity contribution < 1.29 is 41.0 Å². The van der Waals surface area contributed by atoms with E-state index in [4.69, 9.17) is 9.47 Å². The first-order valence-corrected chi connectivity index (χ1v) is 10.1. The van der Waals surface area contributed by atoms with Gasteiger partial charge in [-0.05, 0) is 30.3 Å². The number of halogens is 2. The van der Waals surface area contributed by atoms with Gasteiger partial charge in [-0.25, -0.2) is 17.5 Å². The van der Waals surface area contributed by atoms with Crippen LogP contribution in [0.2, 0.25) is 0 Å². The molecule has 168 valence electrons. The second kappa shape index (κ2) is 10.2. The molecule has 1 amide bonds. The van der Waals surface area contributed by atoms with Crippen LogP contribution in [0.1, 0.15) is 10.4 Å². The first-order chi connectivity index (χ1) is 14.6. The third-order valence-electron chi connectivity index (χ3n) is 3.87. The molecule has 0 aromatic heterocycles. The first kappa shape index (κ1) is 24.0. The van der Waals surface area contributed by atoms with Gasteiger partial charge in [-0.3, -0.25) is 4.79 Å². The molecule has 12 heteroatoms. The number of methoxy groups -OCH3 is 1. The Kier molecular flexibility index (Phi) is 7.89. The lowest BCUT2D eigenvalue weighted by molar-refractivity contribution is -0.119. The van der Waals surface area contributed by atoms with Crippen molar-refractivity contribution in [2.45, 2.75) is 11.5 Å². The lowest BCUT2D eigenvalue weighted by Crippen LogP contribution is -2.24. The maximum Gasteiger partial charge on any atom is 0.387 e. The molecule has 0 atom stereocenters. The number of amides is 1. The van der Waals surface area contributed by atoms with Gasteiger partial charge in [-0.15, -0.1) is 0 Å². The van der Waals surface area contributed by atoms with E-state index in [-0.39, 0.29) is 27.6 Å². The van der Waals surface area contributed by atoms with Gasteiger partial charge in [-0.1, -0.05) is 12.1 Å². The fourth-order valence-corrected chi connectivity index (χ4v) is 3.45. The minimum Gasteiger partial charge on any atom is -0.495 e. The molecule has 1 N–H and O–H groups in total. The summed E-state index contributed by atoms with van der Waals surface area (Å²) in [6.45, 7) is -3.83. The van der Waals surface area contributed by atoms with Crippen LogP contribution in [0.3, 0.4) is 0 Å². The summed E-state index contributed by atoms with van der Waals surface area (Å²) in [6.07, 6.45) is 0. The van der Waals surface area contributed by atoms with Gasteiger partial charge in [-0.2, -0.15) is 8.78 Å². The van der Waals surface area contributed by atoms with Crippen LogP contribution in [0.4, 0.5) is 14.5 Å². The van der Waals surface area contributed by atoms with Crippen molar-refractivity contribution in [2.24, 2.45) is 0 Å². The molecule has 0 spiro atoms. The molecule has 2 rings (SSSR count). The maximum absolute atomic E-state index is 12.4. The lowest BCUT2D eigenvalue weighted by atomic mass is 10.2. The highest BCUT2D eigenvalue weighted by molar-refractivity contribution is 7.89. The van der Waals surface area contributed by atoms with Crippen molar-refractivity contribution in [3.8, 4) is 11.5 Å². The Morgan fingerprint density at radius 2 is 1.77 bits per heavy atom. The van der Waals surface area contributed by atoms with Crippen molar-refractivity contribution in [3.63, 3.8) is 0 Å². The molecular weight excluding hydrogens is 438 g/mol. The number of nitrogens with zero attached hydrogens (tertiary/aromatic N) is 1. The van der Waals surface area contributed by atoms with Crippen LogP contribution < -0.4 is 14.8 Å². The van der Waals surface area contributed by atoms with Crippen LogP contribution in [0.25, 0.3) is 0 Å². The average molecular weight is 458 g/mol. The fourth-order valence-electron chi connectivity index (χ4n) is 2.37. The molecule has 0 radical (unpaired) electrons. The van der Waals surface area contributed by atoms with E-state index in [9.17, 15) is 26.8 Å². The van der Waals surface area contributed by atoms with Gasteiger partial charge in [0, 0.05) is 14.1 Å². The summed E-state index contributed by atoms with van der Waals surface area (Å²) in [7, 11) is 0.00169. The summed E-state index contributed by atoms with van der Waals surface area (Å²) < 4.78 is 64.9. The van der Waals surface area contributed by atoms with Gasteiger partial charge in [0.05, 0.1) is 18.4 Å². The predicted octanol–water partition coefficient (Wildman–Crippen LogP) is 2.34. The van der Waals surface area contributed by atoms with Gasteiger partial charge in [0.1, 0.15) is 16.4 Å². The number of anilines is 1. The fraction of sp³-hybridized carbons (Fsp3) is 0.263. The zero-order chi connectivity index (χ0) is 23.2. The number of hydrogen-bond acceptors (Lipinski definition) is 7. The van der Waals surface area contributed by atoms with E-state index < -0.39 is 35.1 Å². The molecule has 0 saturated heterocycles. The van der Waals surface area contributed by atoms with E-state index in [1.807, 2.05) is 0 Å². The number of para-hydroxylation sites is 2. The first-order valence-electron chi connectivity index (χ1n) is 8.67. The highest BCUT2D eigenvalue weighted by atomic mass is 32.2. The molecule has 0 saturated carbocycles. The average Bonchev–Trinajstić information content (AvgIpc) is 2.72. The van der Waals surface area contributed by atoms with Crippen LogP contribution in [0, 0.1) is 0 Å². The number of esters is 1. The Balaban J connectivity index is 2.11. The number of carbonyl (C=O) groups is 2. The van der Waals surface area contributed by atoms with Gasteiger partial charge < -0.3 is 19.5 Å². The molecule has 0 aliphatic carbocycles. The molecule has 0 aliphatic heterocycles. The minimum absolute atomic E-state index is 0.0265. The third kappa shape index (κ3) is 6.12. The van der Waals surface area contributed by atoms with E-state index in [1.54, 1.807) is 0 Å². The van der Waals surface area contributed by atoms with Gasteiger partial charge >= 0.3 is 12.6 Å². The number of nitrogens with one attached hydrogen (secondary N) is 1. The number of rotatable bonds is 9. The summed E-state index contributed by atoms with van der Waals surface area (Å²) in [5.41, 5.74) is -0.164. The van der Waals surface area contributed by atoms with E-state index in [0.717, 1.165) is 10.4 Å². The Bertz CT molecular complexity index is 1060. The van der Waals surface area contributed by atoms with E-state index >= 15 is 0 Å². The summed E-state index contributed by atoms with van der Waals surface area (Å²) in [5.74, 6) is -2.01. The van der Waals surface area contributed by atoms with Crippen LogP contribution in [0.15, 0.2) is 47.4 Å². The Labute approximate surface area is 177 Å². The smallest absolute Gasteiger partial charge is 0.387 e. The summed E-state index contributed by atoms with van der Waals surface area (Å²) in [6, 6.07) is 9.13. The van der Waals surface area contributed by atoms with Crippen LogP contribution >= 0.6 is 0 Å². The number of carbonyl (C=O) groups excluding carboxylic acids is 2. The van der Waals surface area contributed by atoms with E-state index in [2.05, 4.69) is 10.1 Å². The second-order valence-corrected chi connectivity index (χ2v) is 8.27. The largest absolute Gasteiger partial charge is 0.495 e. The molecule has 0 unspecified atom stereocenters. The van der Waals surface area contributed by atoms with Gasteiger partial charge in [0.25, 0.3) is 5.91 Å². The molecule has 0 heterocycles. The molecule has 0 aliphatic rings. The highest BCUT2D eigenvalue weighted by Crippen LogP contribution is 2.27. The van der Waals surface area contributed by atoms with Crippen molar-refractivity contribution in [1.82, 2.24) is 4.31 Å². The van der Waals surface area contributed by atoms with Crippen molar-refractivity contribution in [3.05, 3.63) is 48.0 Å². The molecule has 31 heavy (non-hydrogen) atoms. The Morgan fingerprint density at radius 3 is 2.39 bits per heavy atom. The topological polar surface area (TPSA) is 111 Å². The van der Waals surface area contributed by atoms with Crippen molar-refractivity contribution >= 4 is 27.6 Å². The van der Waals surface area contributed by atoms with Crippen LogP contribution in [0.5, 0.6) is 11.5 Å². The number of sulfonamides is 1. The van der Waals surface area contributed by atoms with E-state index in [1.165, 1.54) is 57.6 Å². The monoisotopic (exact) mass is 458 g/mol. The predicted molar refractivity (Wildman–Crippen MR) is 106 cm³/mol. The second-order valence-electron chi connectivity index (χ2n) is 6.15. The standard InChI is InChI=1S/C19H20F2N2O7S/c1-23(2)31(26,27)16-10-12(8-9-15(16)28-3)18(25)29-11-17(24)22-13-6-4-5-7-14(13)30-19(20)21/h4-10,19H,11H2,1-3H3,(H,22,24). The third-order valence-corrected chi connectivity index (χ3v) is 5.71. The molecule has 0 fully saturated rings. The highest BCUT2D eigenvalue weighted by Gasteiger charge is 2.24. The zero-order valence-corrected chi connectivity index (χ0v) is 17.6. The molecule has 0 bridgehead atoms. The van der Waals surface area contributed by atoms with Crippen molar-refractivity contribution in [1.29, 1.82) is 0 Å². The Hall–Kier alpha value is -3.25. The number of benzene rings is 2. The number of ether oxygens (including phenoxy) is 3. The molecule has 2 aromatic carbocycles. The maximum atomic E-state index is 12.4. The van der Waals surface area contributed by atoms with Crippen LogP contribution in [-0.4, -0.2) is 59.0 Å². The lowest BCUT2D eigenvalue weighted by Gasteiger charge is -2.15. The SMILES string of the molecule is COc1ccc(C(=O)OCC(=O)Nc2ccccc2OC(F)F)cc1S(=O)(=O)N(C)C. The summed E-state index contributed by atoms with van der Waals surface area (Å²) in [4.78, 5) is 24.1. The molecular formula is C19H20F2N2O7S. The quantitative estimate of drug-likeness (QED) is 0.574. The molecule has 9 nitrogen and oxygen atoms in total. The van der Waals surface area contributed by atoms with Crippen LogP contribution in [-0.2, 0) is 19.6 Å². The summed E-state index contributed by atoms with van der Waals surface area (Å²) >= 11 is 0. The number of alkyl halides is 2. The Morgan fingerprint density at radius 1 is 1.10 bits per heavy atom. The van der Waals surface area contributed by atoms with Crippen molar-refractivity contribution in [2.75, 3.05) is 33.1 Å². The number of hydrogen-bond donors (Lipinski definition) is 1. The normalized spacial score (nSPS) is 11.3.